The summed E-state index contributed by atoms with van der Waals surface area (Å²) >= 11 is 0. The van der Waals surface area contributed by atoms with Crippen LogP contribution in [0.5, 0.6) is 0 Å². The van der Waals surface area contributed by atoms with Crippen LogP contribution in [0.15, 0.2) is 12.2 Å². The minimum atomic E-state index is -0.165. The summed E-state index contributed by atoms with van der Waals surface area (Å²) in [6, 6.07) is 1.93. The van der Waals surface area contributed by atoms with E-state index in [-0.39, 0.29) is 24.4 Å². The van der Waals surface area contributed by atoms with Crippen molar-refractivity contribution in [2.24, 2.45) is 11.8 Å². The number of hydrogen-bond donors (Lipinski definition) is 2. The molecule has 0 aliphatic heterocycles. The van der Waals surface area contributed by atoms with Gasteiger partial charge in [-0.25, -0.2) is 0 Å². The minimum Gasteiger partial charge on any atom is -0.393 e. The predicted molar refractivity (Wildman–Crippen MR) is 174 cm³/mol. The first-order chi connectivity index (χ1) is 21.1. The molecule has 0 aromatic heterocycles. The van der Waals surface area contributed by atoms with Gasteiger partial charge >= 0.3 is 0 Å². The van der Waals surface area contributed by atoms with E-state index in [9.17, 15) is 10.2 Å². The first kappa shape index (κ1) is 32.5. The van der Waals surface area contributed by atoms with Crippen molar-refractivity contribution in [2.45, 2.75) is 215 Å². The van der Waals surface area contributed by atoms with E-state index in [4.69, 9.17) is 9.47 Å². The fourth-order valence-electron chi connectivity index (χ4n) is 10.2. The Balaban J connectivity index is 1.10. The van der Waals surface area contributed by atoms with Crippen LogP contribution in [0.2, 0.25) is 0 Å². The summed E-state index contributed by atoms with van der Waals surface area (Å²) in [6.07, 6.45) is 36.5. The average molecular weight is 600 g/mol. The summed E-state index contributed by atoms with van der Waals surface area (Å²) in [4.78, 5) is 3.05. The van der Waals surface area contributed by atoms with E-state index >= 15 is 0 Å². The zero-order chi connectivity index (χ0) is 29.4. The standard InChI is InChI=1S/C38H65NO4/c40-33-12-6-16-37(26-33)42-35-14-4-10-31(24-35)39(30-22-20-29(21-23-30)19-18-28-8-2-1-3-9-28)32-11-5-15-36(25-32)43-38-17-7-13-34(41)27-38/h18-19,28-38,40-41H,1-17,20-27H2. The number of ether oxygens (including phenoxy) is 2. The molecule has 0 heterocycles. The fourth-order valence-corrected chi connectivity index (χ4v) is 10.2. The molecule has 0 spiro atoms. The predicted octanol–water partition coefficient (Wildman–Crippen LogP) is 8.25. The monoisotopic (exact) mass is 599 g/mol. The maximum Gasteiger partial charge on any atom is 0.0603 e. The lowest BCUT2D eigenvalue weighted by molar-refractivity contribution is -0.104. The quantitative estimate of drug-likeness (QED) is 0.261. The lowest BCUT2D eigenvalue weighted by Crippen LogP contribution is -2.55. The van der Waals surface area contributed by atoms with E-state index in [2.05, 4.69) is 17.1 Å². The summed E-state index contributed by atoms with van der Waals surface area (Å²) in [5, 5.41) is 20.5. The molecule has 0 aromatic rings. The highest BCUT2D eigenvalue weighted by Crippen LogP contribution is 2.40. The van der Waals surface area contributed by atoms with Gasteiger partial charge in [-0.15, -0.1) is 0 Å². The molecule has 2 N–H and O–H groups in total. The van der Waals surface area contributed by atoms with Gasteiger partial charge in [-0.2, -0.15) is 0 Å². The molecule has 8 unspecified atom stereocenters. The Morgan fingerprint density at radius 2 is 0.837 bits per heavy atom. The Morgan fingerprint density at radius 3 is 1.33 bits per heavy atom. The molecular formula is C38H65NO4. The lowest BCUT2D eigenvalue weighted by Gasteiger charge is -2.50. The van der Waals surface area contributed by atoms with Crippen LogP contribution < -0.4 is 0 Å². The van der Waals surface area contributed by atoms with Crippen LogP contribution in [0.3, 0.4) is 0 Å². The van der Waals surface area contributed by atoms with Crippen LogP contribution in [-0.2, 0) is 9.47 Å². The van der Waals surface area contributed by atoms with Crippen LogP contribution in [0.1, 0.15) is 161 Å². The van der Waals surface area contributed by atoms with Crippen molar-refractivity contribution in [3.8, 4) is 0 Å². The Labute approximate surface area is 263 Å². The maximum absolute atomic E-state index is 10.3. The minimum absolute atomic E-state index is 0.165. The van der Waals surface area contributed by atoms with Gasteiger partial charge in [0.2, 0.25) is 0 Å². The van der Waals surface area contributed by atoms with Crippen LogP contribution in [0, 0.1) is 11.8 Å². The normalized spacial score (nSPS) is 42.4. The third-order valence-corrected chi connectivity index (χ3v) is 12.5. The number of aliphatic hydroxyl groups is 2. The number of rotatable bonds is 9. The summed E-state index contributed by atoms with van der Waals surface area (Å²) in [5.41, 5.74) is 0. The Kier molecular flexibility index (Phi) is 12.4. The average Bonchev–Trinajstić information content (AvgIpc) is 3.02. The molecule has 6 aliphatic carbocycles. The summed E-state index contributed by atoms with van der Waals surface area (Å²) in [7, 11) is 0. The molecule has 0 aromatic carbocycles. The van der Waals surface area contributed by atoms with Gasteiger partial charge in [-0.3, -0.25) is 4.90 Å². The third kappa shape index (κ3) is 9.53. The first-order valence-corrected chi connectivity index (χ1v) is 19.2. The van der Waals surface area contributed by atoms with Crippen molar-refractivity contribution in [3.63, 3.8) is 0 Å². The highest BCUT2D eigenvalue weighted by Gasteiger charge is 2.40. The molecule has 246 valence electrons. The Hall–Kier alpha value is -0.460. The number of aliphatic hydroxyl groups excluding tert-OH is 2. The van der Waals surface area contributed by atoms with Crippen molar-refractivity contribution in [3.05, 3.63) is 12.2 Å². The molecule has 43 heavy (non-hydrogen) atoms. The molecule has 6 aliphatic rings. The summed E-state index contributed by atoms with van der Waals surface area (Å²) in [5.74, 6) is 1.62. The van der Waals surface area contributed by atoms with E-state index in [0.717, 1.165) is 63.2 Å². The van der Waals surface area contributed by atoms with E-state index in [1.54, 1.807) is 0 Å². The van der Waals surface area contributed by atoms with Gasteiger partial charge in [-0.1, -0.05) is 31.4 Å². The van der Waals surface area contributed by atoms with Crippen LogP contribution in [0.25, 0.3) is 0 Å². The molecule has 5 heteroatoms. The Morgan fingerprint density at radius 1 is 0.395 bits per heavy atom. The smallest absolute Gasteiger partial charge is 0.0603 e. The maximum atomic E-state index is 10.3. The van der Waals surface area contributed by atoms with Crippen molar-refractivity contribution in [1.29, 1.82) is 0 Å². The van der Waals surface area contributed by atoms with Crippen LogP contribution in [-0.4, -0.2) is 69.9 Å². The van der Waals surface area contributed by atoms with Crippen LogP contribution >= 0.6 is 0 Å². The van der Waals surface area contributed by atoms with Crippen LogP contribution in [0.4, 0.5) is 0 Å². The lowest BCUT2D eigenvalue weighted by atomic mass is 9.79. The number of hydrogen-bond acceptors (Lipinski definition) is 5. The second-order valence-corrected chi connectivity index (χ2v) is 15.8. The Bertz CT molecular complexity index is 792. The van der Waals surface area contributed by atoms with E-state index in [1.807, 2.05) is 0 Å². The number of allylic oxidation sites excluding steroid dienone is 2. The van der Waals surface area contributed by atoms with Gasteiger partial charge in [0.1, 0.15) is 0 Å². The highest BCUT2D eigenvalue weighted by atomic mass is 16.5. The zero-order valence-corrected chi connectivity index (χ0v) is 27.3. The van der Waals surface area contributed by atoms with E-state index in [0.29, 0.717) is 30.3 Å². The van der Waals surface area contributed by atoms with Crippen molar-refractivity contribution in [1.82, 2.24) is 4.90 Å². The SMILES string of the molecule is OC1CCCC(OC2CCCC(N(C3CCC(C=CC4CCCCC4)CC3)C3CCCC(OC4CCCC(O)C4)C3)C2)C1. The van der Waals surface area contributed by atoms with E-state index < -0.39 is 0 Å². The van der Waals surface area contributed by atoms with Crippen molar-refractivity contribution < 1.29 is 19.7 Å². The largest absolute Gasteiger partial charge is 0.393 e. The molecule has 5 nitrogen and oxygen atoms in total. The zero-order valence-electron chi connectivity index (χ0n) is 27.3. The van der Waals surface area contributed by atoms with Gasteiger partial charge < -0.3 is 19.7 Å². The molecular weight excluding hydrogens is 534 g/mol. The van der Waals surface area contributed by atoms with Crippen molar-refractivity contribution in [2.75, 3.05) is 0 Å². The molecule has 8 atom stereocenters. The molecule has 0 amide bonds. The molecule has 0 saturated heterocycles. The second-order valence-electron chi connectivity index (χ2n) is 15.8. The topological polar surface area (TPSA) is 62.2 Å². The highest BCUT2D eigenvalue weighted by molar-refractivity contribution is 4.99. The molecule has 0 radical (unpaired) electrons. The van der Waals surface area contributed by atoms with Gasteiger partial charge in [0.05, 0.1) is 36.6 Å². The summed E-state index contributed by atoms with van der Waals surface area (Å²) < 4.78 is 13.5. The van der Waals surface area contributed by atoms with Gasteiger partial charge in [0.25, 0.3) is 0 Å². The third-order valence-electron chi connectivity index (χ3n) is 12.5. The molecule has 6 fully saturated rings. The molecule has 6 rings (SSSR count). The second kappa shape index (κ2) is 16.4. The fraction of sp³-hybridized carbons (Fsp3) is 0.947. The molecule has 0 bridgehead atoms. The number of nitrogens with zero attached hydrogens (tertiary/aromatic N) is 1. The van der Waals surface area contributed by atoms with Gasteiger partial charge in [0, 0.05) is 18.1 Å². The summed E-state index contributed by atoms with van der Waals surface area (Å²) in [6.45, 7) is 0. The molecule has 6 saturated carbocycles. The van der Waals surface area contributed by atoms with Gasteiger partial charge in [-0.05, 0) is 153 Å². The van der Waals surface area contributed by atoms with Crippen molar-refractivity contribution >= 4 is 0 Å². The first-order valence-electron chi connectivity index (χ1n) is 19.2. The van der Waals surface area contributed by atoms with E-state index in [1.165, 1.54) is 109 Å². The van der Waals surface area contributed by atoms with Gasteiger partial charge in [0.15, 0.2) is 0 Å².